The predicted molar refractivity (Wildman–Crippen MR) is 66.6 cm³/mol. The average Bonchev–Trinajstić information content (AvgIpc) is 2.34. The zero-order chi connectivity index (χ0) is 12.1. The van der Waals surface area contributed by atoms with E-state index < -0.39 is 0 Å². The van der Waals surface area contributed by atoms with Crippen molar-refractivity contribution < 1.29 is 4.39 Å². The topological polar surface area (TPSA) is 31.4 Å². The molecule has 1 aromatic rings. The van der Waals surface area contributed by atoms with Gasteiger partial charge in [0.2, 0.25) is 0 Å². The Hall–Kier alpha value is -1.20. The molecule has 0 radical (unpaired) electrons. The summed E-state index contributed by atoms with van der Waals surface area (Å²) in [5.41, 5.74) is 0. The van der Waals surface area contributed by atoms with Crippen LogP contribution >= 0.6 is 0 Å². The van der Waals surface area contributed by atoms with Gasteiger partial charge in [-0.2, -0.15) is 0 Å². The highest BCUT2D eigenvalue weighted by Gasteiger charge is 2.13. The summed E-state index contributed by atoms with van der Waals surface area (Å²) in [7, 11) is 2.14. The molecule has 1 fully saturated rings. The average molecular weight is 238 g/mol. The van der Waals surface area contributed by atoms with Crippen LogP contribution in [-0.4, -0.2) is 61.1 Å². The molecule has 0 unspecified atom stereocenters. The Balaban J connectivity index is 1.71. The second-order valence-corrected chi connectivity index (χ2v) is 4.41. The molecule has 1 saturated heterocycles. The fourth-order valence-electron chi connectivity index (χ4n) is 1.92. The molecular formula is C12H19FN4. The minimum absolute atomic E-state index is 0.286. The number of rotatable bonds is 4. The quantitative estimate of drug-likeness (QED) is 0.844. The zero-order valence-electron chi connectivity index (χ0n) is 10.2. The van der Waals surface area contributed by atoms with Crippen molar-refractivity contribution >= 4 is 5.82 Å². The van der Waals surface area contributed by atoms with Gasteiger partial charge >= 0.3 is 0 Å². The maximum atomic E-state index is 13.3. The highest BCUT2D eigenvalue weighted by Crippen LogP contribution is 2.07. The van der Waals surface area contributed by atoms with Crippen LogP contribution in [0.4, 0.5) is 10.2 Å². The van der Waals surface area contributed by atoms with Gasteiger partial charge in [-0.1, -0.05) is 0 Å². The maximum Gasteiger partial charge on any atom is 0.165 e. The summed E-state index contributed by atoms with van der Waals surface area (Å²) < 4.78 is 13.3. The predicted octanol–water partition coefficient (Wildman–Crippen LogP) is 0.880. The van der Waals surface area contributed by atoms with Gasteiger partial charge in [0.15, 0.2) is 11.6 Å². The van der Waals surface area contributed by atoms with Crippen LogP contribution in [0.2, 0.25) is 0 Å². The van der Waals surface area contributed by atoms with Gasteiger partial charge in [0.25, 0.3) is 0 Å². The van der Waals surface area contributed by atoms with E-state index in [0.29, 0.717) is 5.82 Å². The Kier molecular flexibility index (Phi) is 4.28. The minimum Gasteiger partial charge on any atom is -0.366 e. The number of nitrogens with one attached hydrogen (secondary N) is 1. The lowest BCUT2D eigenvalue weighted by molar-refractivity contribution is 0.158. The van der Waals surface area contributed by atoms with Gasteiger partial charge in [0.05, 0.1) is 0 Å². The molecule has 4 nitrogen and oxygen atoms in total. The first-order valence-corrected chi connectivity index (χ1v) is 6.01. The minimum atomic E-state index is -0.286. The molecule has 1 aliphatic heterocycles. The van der Waals surface area contributed by atoms with Crippen molar-refractivity contribution in [2.75, 3.05) is 51.6 Å². The highest BCUT2D eigenvalue weighted by molar-refractivity contribution is 5.35. The standard InChI is InChI=1S/C12H19FN4/c1-16-7-9-17(10-8-16)6-5-15-12-11(13)3-2-4-14-12/h2-4H,5-10H2,1H3,(H,14,15). The van der Waals surface area contributed by atoms with E-state index in [1.54, 1.807) is 12.3 Å². The lowest BCUT2D eigenvalue weighted by Crippen LogP contribution is -2.45. The molecule has 1 N–H and O–H groups in total. The summed E-state index contributed by atoms with van der Waals surface area (Å²) in [5.74, 6) is 0.0625. The first-order valence-electron chi connectivity index (χ1n) is 6.01. The number of halogens is 1. The molecule has 2 rings (SSSR count). The molecule has 2 heterocycles. The SMILES string of the molecule is CN1CCN(CCNc2ncccc2F)CC1. The van der Waals surface area contributed by atoms with Crippen molar-refractivity contribution in [2.24, 2.45) is 0 Å². The van der Waals surface area contributed by atoms with E-state index in [9.17, 15) is 4.39 Å². The number of hydrogen-bond donors (Lipinski definition) is 1. The van der Waals surface area contributed by atoms with Crippen LogP contribution in [0.15, 0.2) is 18.3 Å². The smallest absolute Gasteiger partial charge is 0.165 e. The van der Waals surface area contributed by atoms with Crippen LogP contribution < -0.4 is 5.32 Å². The van der Waals surface area contributed by atoms with Crippen LogP contribution in [0.1, 0.15) is 0 Å². The molecule has 0 spiro atoms. The van der Waals surface area contributed by atoms with Gasteiger partial charge < -0.3 is 10.2 Å². The van der Waals surface area contributed by atoms with Gasteiger partial charge in [0.1, 0.15) is 0 Å². The van der Waals surface area contributed by atoms with Crippen molar-refractivity contribution in [2.45, 2.75) is 0 Å². The van der Waals surface area contributed by atoms with Gasteiger partial charge in [-0.15, -0.1) is 0 Å². The Morgan fingerprint density at radius 1 is 1.35 bits per heavy atom. The van der Waals surface area contributed by atoms with Crippen molar-refractivity contribution in [1.29, 1.82) is 0 Å². The number of hydrogen-bond acceptors (Lipinski definition) is 4. The Labute approximate surface area is 101 Å². The lowest BCUT2D eigenvalue weighted by atomic mass is 10.3. The number of nitrogens with zero attached hydrogens (tertiary/aromatic N) is 3. The molecule has 0 atom stereocenters. The maximum absolute atomic E-state index is 13.3. The fourth-order valence-corrected chi connectivity index (χ4v) is 1.92. The second-order valence-electron chi connectivity index (χ2n) is 4.41. The Morgan fingerprint density at radius 3 is 2.82 bits per heavy atom. The first-order chi connectivity index (χ1) is 8.25. The summed E-state index contributed by atoms with van der Waals surface area (Å²) in [6, 6.07) is 3.02. The summed E-state index contributed by atoms with van der Waals surface area (Å²) in [6.07, 6.45) is 1.60. The van der Waals surface area contributed by atoms with Crippen LogP contribution in [-0.2, 0) is 0 Å². The Bertz CT molecular complexity index is 350. The van der Waals surface area contributed by atoms with Gasteiger partial charge in [0, 0.05) is 45.5 Å². The second kappa shape index (κ2) is 5.93. The van der Waals surface area contributed by atoms with Gasteiger partial charge in [-0.05, 0) is 19.2 Å². The molecule has 0 aromatic carbocycles. The highest BCUT2D eigenvalue weighted by atomic mass is 19.1. The lowest BCUT2D eigenvalue weighted by Gasteiger charge is -2.32. The van der Waals surface area contributed by atoms with Gasteiger partial charge in [-0.25, -0.2) is 9.37 Å². The third-order valence-corrected chi connectivity index (χ3v) is 3.07. The third kappa shape index (κ3) is 3.64. The van der Waals surface area contributed by atoms with E-state index >= 15 is 0 Å². The number of piperazine rings is 1. The number of aromatic nitrogens is 1. The van der Waals surface area contributed by atoms with E-state index in [1.165, 1.54) is 6.07 Å². The first kappa shape index (κ1) is 12.3. The number of anilines is 1. The molecule has 1 aromatic heterocycles. The zero-order valence-corrected chi connectivity index (χ0v) is 10.2. The van der Waals surface area contributed by atoms with Crippen molar-refractivity contribution in [3.63, 3.8) is 0 Å². The van der Waals surface area contributed by atoms with Crippen molar-refractivity contribution in [3.8, 4) is 0 Å². The van der Waals surface area contributed by atoms with E-state index in [0.717, 1.165) is 39.3 Å². The van der Waals surface area contributed by atoms with Crippen LogP contribution in [0.3, 0.4) is 0 Å². The molecule has 5 heteroatoms. The molecular weight excluding hydrogens is 219 g/mol. The summed E-state index contributed by atoms with van der Waals surface area (Å²) >= 11 is 0. The van der Waals surface area contributed by atoms with Crippen molar-refractivity contribution in [3.05, 3.63) is 24.1 Å². The summed E-state index contributed by atoms with van der Waals surface area (Å²) in [6.45, 7) is 6.06. The molecule has 0 aliphatic carbocycles. The summed E-state index contributed by atoms with van der Waals surface area (Å²) in [4.78, 5) is 8.66. The molecule has 17 heavy (non-hydrogen) atoms. The molecule has 0 saturated carbocycles. The number of pyridine rings is 1. The van der Waals surface area contributed by atoms with E-state index in [1.807, 2.05) is 0 Å². The van der Waals surface area contributed by atoms with Crippen molar-refractivity contribution in [1.82, 2.24) is 14.8 Å². The fraction of sp³-hybridized carbons (Fsp3) is 0.583. The third-order valence-electron chi connectivity index (χ3n) is 3.07. The summed E-state index contributed by atoms with van der Waals surface area (Å²) in [5, 5.41) is 3.03. The van der Waals surface area contributed by atoms with E-state index in [4.69, 9.17) is 0 Å². The monoisotopic (exact) mass is 238 g/mol. The van der Waals surface area contributed by atoms with E-state index in [-0.39, 0.29) is 5.82 Å². The molecule has 0 bridgehead atoms. The normalized spacial score (nSPS) is 18.2. The van der Waals surface area contributed by atoms with Crippen LogP contribution in [0.25, 0.3) is 0 Å². The number of likely N-dealkylation sites (N-methyl/N-ethyl adjacent to an activating group) is 1. The van der Waals surface area contributed by atoms with E-state index in [2.05, 4.69) is 27.1 Å². The molecule has 94 valence electrons. The Morgan fingerprint density at radius 2 is 2.12 bits per heavy atom. The van der Waals surface area contributed by atoms with Crippen LogP contribution in [0, 0.1) is 5.82 Å². The largest absolute Gasteiger partial charge is 0.366 e. The molecule has 0 amide bonds. The van der Waals surface area contributed by atoms with Gasteiger partial charge in [-0.3, -0.25) is 4.90 Å². The molecule has 1 aliphatic rings. The van der Waals surface area contributed by atoms with Crippen LogP contribution in [0.5, 0.6) is 0 Å².